The van der Waals surface area contributed by atoms with Gasteiger partial charge in [-0.1, -0.05) is 143 Å². The number of hydrogen-bond acceptors (Lipinski definition) is 4. The summed E-state index contributed by atoms with van der Waals surface area (Å²) in [7, 11) is 0. The second kappa shape index (κ2) is 28.6. The largest absolute Gasteiger partial charge is 0.354 e. The highest BCUT2D eigenvalue weighted by atomic mass is 14.8. The Hall–Kier alpha value is -13.5. The van der Waals surface area contributed by atoms with Crippen LogP contribution in [0.25, 0.3) is 182 Å². The molecule has 0 unspecified atom stereocenters. The molecule has 0 atom stereocenters. The van der Waals surface area contributed by atoms with E-state index in [1.54, 1.807) is 0 Å². The third kappa shape index (κ3) is 13.0. The fourth-order valence-corrected chi connectivity index (χ4v) is 19.4. The first-order chi connectivity index (χ1) is 55.4. The summed E-state index contributed by atoms with van der Waals surface area (Å²) >= 11 is 0. The zero-order valence-electron chi connectivity index (χ0n) is 68.7. The van der Waals surface area contributed by atoms with E-state index in [9.17, 15) is 0 Å². The Morgan fingerprint density at radius 2 is 0.374 bits per heavy atom. The van der Waals surface area contributed by atoms with Gasteiger partial charge in [-0.2, -0.15) is 0 Å². The maximum atomic E-state index is 5.79. The van der Waals surface area contributed by atoms with Gasteiger partial charge in [-0.05, 0) is 350 Å². The quantitative estimate of drug-likeness (QED) is 0.113. The summed E-state index contributed by atoms with van der Waals surface area (Å²) in [5, 5.41) is 0. The Bertz CT molecular complexity index is 6880. The van der Waals surface area contributed by atoms with Crippen LogP contribution in [0, 0.1) is 130 Å². The number of H-pyrrole nitrogens is 4. The fraction of sp³-hybridized carbons (Fsp3) is 0.159. The molecule has 0 saturated carbocycles. The molecule has 560 valence electrons. The van der Waals surface area contributed by atoms with Crippen LogP contribution in [0.1, 0.15) is 151 Å². The molecule has 0 fully saturated rings. The van der Waals surface area contributed by atoms with Crippen molar-refractivity contribution in [1.82, 2.24) is 39.9 Å². The van der Waals surface area contributed by atoms with Crippen molar-refractivity contribution in [1.29, 1.82) is 0 Å². The first kappa shape index (κ1) is 73.0. The number of nitrogens with zero attached hydrogens (tertiary/aromatic N) is 4. The van der Waals surface area contributed by atoms with Crippen molar-refractivity contribution in [3.63, 3.8) is 0 Å². The molecule has 4 aliphatic rings. The van der Waals surface area contributed by atoms with Gasteiger partial charge < -0.3 is 19.9 Å². The van der Waals surface area contributed by atoms with Crippen molar-refractivity contribution in [3.8, 4) is 101 Å². The molecule has 4 aliphatic heterocycles. The van der Waals surface area contributed by atoms with Gasteiger partial charge in [0.25, 0.3) is 0 Å². The molecule has 10 heterocycles. The first-order valence-corrected chi connectivity index (χ1v) is 40.0. The van der Waals surface area contributed by atoms with Crippen molar-refractivity contribution < 1.29 is 0 Å². The maximum Gasteiger partial charge on any atom is 0.0737 e. The third-order valence-corrected chi connectivity index (χ3v) is 23.5. The number of aryl methyl sites for hydroxylation is 17. The molecule has 8 aromatic carbocycles. The van der Waals surface area contributed by atoms with Gasteiger partial charge in [0.2, 0.25) is 0 Å². The summed E-state index contributed by atoms with van der Waals surface area (Å²) in [6, 6.07) is 64.5. The minimum absolute atomic E-state index is 0.848. The van der Waals surface area contributed by atoms with Gasteiger partial charge in [-0.25, -0.2) is 19.9 Å². The number of aromatic amines is 4. The van der Waals surface area contributed by atoms with Gasteiger partial charge in [0.1, 0.15) is 0 Å². The minimum atomic E-state index is 0.848. The van der Waals surface area contributed by atoms with Crippen LogP contribution in [0.15, 0.2) is 176 Å². The van der Waals surface area contributed by atoms with Crippen LogP contribution < -0.4 is 0 Å². The topological polar surface area (TPSA) is 115 Å². The van der Waals surface area contributed by atoms with Crippen molar-refractivity contribution in [2.75, 3.05) is 0 Å². The maximum absolute atomic E-state index is 5.79. The summed E-state index contributed by atoms with van der Waals surface area (Å²) in [5.41, 5.74) is 54.0. The molecule has 0 saturated heterocycles. The van der Waals surface area contributed by atoms with Crippen LogP contribution in [-0.4, -0.2) is 39.9 Å². The lowest BCUT2D eigenvalue weighted by Crippen LogP contribution is -1.96. The lowest BCUT2D eigenvalue weighted by atomic mass is 9.92. The Morgan fingerprint density at radius 1 is 0.183 bits per heavy atom. The van der Waals surface area contributed by atoms with E-state index in [4.69, 9.17) is 19.9 Å². The minimum Gasteiger partial charge on any atom is -0.354 e. The first-order valence-electron chi connectivity index (χ1n) is 40.0. The van der Waals surface area contributed by atoms with Crippen molar-refractivity contribution in [2.24, 2.45) is 0 Å². The normalized spacial score (nSPS) is 12.2. The van der Waals surface area contributed by atoms with Crippen LogP contribution in [0.5, 0.6) is 0 Å². The lowest BCUT2D eigenvalue weighted by molar-refractivity contribution is 1.27. The molecule has 18 rings (SSSR count). The molecule has 115 heavy (non-hydrogen) atoms. The smallest absolute Gasteiger partial charge is 0.0737 e. The van der Waals surface area contributed by atoms with E-state index >= 15 is 0 Å². The van der Waals surface area contributed by atoms with Crippen molar-refractivity contribution in [2.45, 2.75) is 118 Å². The number of aromatic nitrogens is 8. The van der Waals surface area contributed by atoms with Gasteiger partial charge in [-0.15, -0.1) is 0 Å². The van der Waals surface area contributed by atoms with E-state index in [1.807, 2.05) is 0 Å². The van der Waals surface area contributed by atoms with Crippen molar-refractivity contribution >= 4 is 92.7 Å². The number of rotatable bonds is 8. The van der Waals surface area contributed by atoms with Gasteiger partial charge >= 0.3 is 0 Å². The van der Waals surface area contributed by atoms with Gasteiger partial charge in [0, 0.05) is 99.8 Å². The molecule has 0 radical (unpaired) electrons. The van der Waals surface area contributed by atoms with Crippen molar-refractivity contribution in [3.05, 3.63) is 327 Å². The molecular weight excluding hydrogens is 1400 g/mol. The van der Waals surface area contributed by atoms with Gasteiger partial charge in [0.05, 0.1) is 45.6 Å². The average Bonchev–Trinajstić information content (AvgIpc) is 1.60. The average molecular weight is 1490 g/mol. The zero-order chi connectivity index (χ0) is 79.7. The van der Waals surface area contributed by atoms with Gasteiger partial charge in [-0.3, -0.25) is 0 Å². The van der Waals surface area contributed by atoms with E-state index in [-0.39, 0.29) is 0 Å². The zero-order valence-corrected chi connectivity index (χ0v) is 68.7. The summed E-state index contributed by atoms with van der Waals surface area (Å²) in [5.74, 6) is 7.29. The molecule has 6 aromatic heterocycles. The number of fused-ring (bicyclic) bond motifs is 16. The van der Waals surface area contributed by atoms with E-state index in [1.165, 1.54) is 89.0 Å². The number of benzene rings is 8. The predicted molar refractivity (Wildman–Crippen MR) is 488 cm³/mol. The molecule has 8 heteroatoms. The second-order valence-electron chi connectivity index (χ2n) is 32.6. The highest BCUT2D eigenvalue weighted by Crippen LogP contribution is 2.47. The molecule has 4 N–H and O–H groups in total. The van der Waals surface area contributed by atoms with Crippen LogP contribution in [0.3, 0.4) is 0 Å². The molecule has 0 spiro atoms. The van der Waals surface area contributed by atoms with Crippen LogP contribution in [0.2, 0.25) is 0 Å². The van der Waals surface area contributed by atoms with Crippen LogP contribution in [-0.2, 0) is 0 Å². The van der Waals surface area contributed by atoms with E-state index in [0.29, 0.717) is 0 Å². The SMILES string of the molecule is Cc1cc(C)c(-c2c3nc(c(-c4c(C)cc(C)cc4C)c4ccc([nH]4)c(-c4c(C)cc(C)cc4C)c4nc(c(-c5ccc(C#Cc6cc(C)c(-c7c8nc(c(-c9c(C)cc(C)cc9C)c9ccc([nH]9)c(-c9ccccc9)c9nc(c(-c%10c(C)cc(C)cc%10C)c%10ccc7[nH]%10)C=C9)C=C8)c(C)c6)cc5)c5ccc2[nH]5)C=C4)C=C3)c(C)c1. The fourth-order valence-electron chi connectivity index (χ4n) is 19.4. The predicted octanol–water partition coefficient (Wildman–Crippen LogP) is 27.6. The Kier molecular flexibility index (Phi) is 18.2. The Morgan fingerprint density at radius 3 is 0.609 bits per heavy atom. The molecule has 0 aliphatic carbocycles. The Balaban J connectivity index is 0.813. The lowest BCUT2D eigenvalue weighted by Gasteiger charge is -2.14. The summed E-state index contributed by atoms with van der Waals surface area (Å²) in [6.45, 7) is 37.6. The standard InChI is InChI=1S/C107H92N8/c1-57-45-62(6)94(63(7)46-57)102-82-33-29-78(108-82)100(76-21-19-18-20-22-76)79-30-34-83(109-79)103(95-64(8)47-58(2)48-65(95)9)89-42-44-93(115-89)107(92-43-41-88(102)114-92)99-72(16)55-75(56-73(99)17)24-23-74-25-27-77(28-26-74)101-80-31-35-84(110-80)104(96-66(10)49-59(3)50-67(96)11)86-37-39-90(112-86)106(98-70(14)53-61(5)54-71(98)15)91-40-38-87(113-91)105(85-36-32-81(101)111-85)97-68(12)51-60(4)52-69(97)13/h18-22,25-56,108,110,113,115H,1-17H3. The number of nitrogens with one attached hydrogen (secondary N) is 4. The number of hydrogen-bond donors (Lipinski definition) is 4. The highest BCUT2D eigenvalue weighted by Gasteiger charge is 2.27. The molecule has 0 amide bonds. The van der Waals surface area contributed by atoms with E-state index in [2.05, 4.69) is 374 Å². The highest BCUT2D eigenvalue weighted by molar-refractivity contribution is 6.05. The molecule has 16 bridgehead atoms. The van der Waals surface area contributed by atoms with Gasteiger partial charge in [0.15, 0.2) is 0 Å². The molecular formula is C107H92N8. The summed E-state index contributed by atoms with van der Waals surface area (Å²) in [6.07, 6.45) is 17.6. The van der Waals surface area contributed by atoms with E-state index < -0.39 is 0 Å². The monoisotopic (exact) mass is 1490 g/mol. The second-order valence-corrected chi connectivity index (χ2v) is 32.6. The van der Waals surface area contributed by atoms with Crippen LogP contribution in [0.4, 0.5) is 0 Å². The van der Waals surface area contributed by atoms with E-state index in [0.717, 1.165) is 195 Å². The Labute approximate surface area is 674 Å². The third-order valence-electron chi connectivity index (χ3n) is 23.5. The molecule has 14 aromatic rings. The van der Waals surface area contributed by atoms with Crippen LogP contribution >= 0.6 is 0 Å². The molecule has 8 nitrogen and oxygen atoms in total. The summed E-state index contributed by atoms with van der Waals surface area (Å²) in [4.78, 5) is 39.1. The summed E-state index contributed by atoms with van der Waals surface area (Å²) < 4.78 is 0.